The van der Waals surface area contributed by atoms with Gasteiger partial charge in [-0.3, -0.25) is 5.21 Å². The first-order valence-corrected chi connectivity index (χ1v) is 6.50. The third-order valence-electron chi connectivity index (χ3n) is 3.46. The van der Waals surface area contributed by atoms with E-state index in [2.05, 4.69) is 26.0 Å². The number of benzene rings is 2. The van der Waals surface area contributed by atoms with Gasteiger partial charge in [0, 0.05) is 5.56 Å². The molecule has 0 saturated carbocycles. The molecule has 1 unspecified atom stereocenters. The van der Waals surface area contributed by atoms with Crippen LogP contribution in [-0.4, -0.2) is 5.21 Å². The van der Waals surface area contributed by atoms with Crippen LogP contribution in [0.25, 0.3) is 0 Å². The van der Waals surface area contributed by atoms with Crippen LogP contribution in [0.2, 0.25) is 0 Å². The molecule has 0 radical (unpaired) electrons. The minimum Gasteiger partial charge on any atom is -0.462 e. The zero-order chi connectivity index (χ0) is 13.4. The van der Waals surface area contributed by atoms with Gasteiger partial charge in [-0.25, -0.2) is 5.06 Å². The highest BCUT2D eigenvalue weighted by Crippen LogP contribution is 2.41. The Bertz CT molecular complexity index is 578. The topological polar surface area (TPSA) is 32.7 Å². The molecule has 3 nitrogen and oxygen atoms in total. The first kappa shape index (κ1) is 12.1. The molecule has 1 N–H and O–H groups in total. The van der Waals surface area contributed by atoms with Gasteiger partial charge < -0.3 is 4.74 Å². The Morgan fingerprint density at radius 1 is 1.05 bits per heavy atom. The summed E-state index contributed by atoms with van der Waals surface area (Å²) in [6.07, 6.45) is -0.460. The lowest BCUT2D eigenvalue weighted by molar-refractivity contribution is 0.114. The molecule has 2 aromatic carbocycles. The van der Waals surface area contributed by atoms with Gasteiger partial charge >= 0.3 is 0 Å². The second-order valence-electron chi connectivity index (χ2n) is 5.10. The Morgan fingerprint density at radius 2 is 1.74 bits per heavy atom. The van der Waals surface area contributed by atoms with Crippen molar-refractivity contribution < 1.29 is 9.94 Å². The van der Waals surface area contributed by atoms with Crippen molar-refractivity contribution in [2.24, 2.45) is 0 Å². The number of ether oxygens (including phenoxy) is 1. The molecule has 2 aromatic rings. The van der Waals surface area contributed by atoms with Crippen molar-refractivity contribution in [2.75, 3.05) is 5.06 Å². The van der Waals surface area contributed by atoms with E-state index in [1.807, 2.05) is 36.4 Å². The molecule has 19 heavy (non-hydrogen) atoms. The van der Waals surface area contributed by atoms with Crippen LogP contribution in [0, 0.1) is 0 Å². The zero-order valence-corrected chi connectivity index (χ0v) is 11.1. The van der Waals surface area contributed by atoms with E-state index in [-0.39, 0.29) is 0 Å². The van der Waals surface area contributed by atoms with Gasteiger partial charge in [0.25, 0.3) is 0 Å². The summed E-state index contributed by atoms with van der Waals surface area (Å²) in [6, 6.07) is 15.7. The van der Waals surface area contributed by atoms with Crippen LogP contribution in [0.5, 0.6) is 5.75 Å². The summed E-state index contributed by atoms with van der Waals surface area (Å²) in [5.74, 6) is 1.21. The maximum atomic E-state index is 10.2. The van der Waals surface area contributed by atoms with Gasteiger partial charge in [-0.15, -0.1) is 0 Å². The maximum absolute atomic E-state index is 10.2. The van der Waals surface area contributed by atoms with Crippen molar-refractivity contribution in [1.82, 2.24) is 0 Å². The lowest BCUT2D eigenvalue weighted by Crippen LogP contribution is -2.23. The molecular weight excluding hydrogens is 238 g/mol. The number of hydrogen-bond donors (Lipinski definition) is 1. The van der Waals surface area contributed by atoms with Gasteiger partial charge in [0.2, 0.25) is 6.23 Å². The Balaban J connectivity index is 1.89. The van der Waals surface area contributed by atoms with Crippen molar-refractivity contribution in [3.05, 3.63) is 59.7 Å². The molecular formula is C16H17NO2. The fourth-order valence-electron chi connectivity index (χ4n) is 2.30. The van der Waals surface area contributed by atoms with Gasteiger partial charge in [0.05, 0.1) is 0 Å². The molecule has 0 aliphatic carbocycles. The normalized spacial score (nSPS) is 17.5. The molecule has 0 bridgehead atoms. The Kier molecular flexibility index (Phi) is 2.91. The number of anilines is 1. The van der Waals surface area contributed by atoms with Gasteiger partial charge in [-0.2, -0.15) is 0 Å². The Labute approximate surface area is 113 Å². The molecule has 0 amide bonds. The van der Waals surface area contributed by atoms with Crippen molar-refractivity contribution in [2.45, 2.75) is 26.0 Å². The van der Waals surface area contributed by atoms with Crippen LogP contribution < -0.4 is 9.80 Å². The number of hydroxylamine groups is 1. The molecule has 0 saturated heterocycles. The molecule has 0 spiro atoms. The molecule has 3 heteroatoms. The van der Waals surface area contributed by atoms with Gasteiger partial charge in [0.1, 0.15) is 11.4 Å². The van der Waals surface area contributed by atoms with Gasteiger partial charge in [-0.1, -0.05) is 50.2 Å². The van der Waals surface area contributed by atoms with Crippen LogP contribution in [0.15, 0.2) is 48.5 Å². The lowest BCUT2D eigenvalue weighted by atomic mass is 10.0. The average Bonchev–Trinajstić information content (AvgIpc) is 2.77. The van der Waals surface area contributed by atoms with Crippen molar-refractivity contribution in [1.29, 1.82) is 0 Å². The Hall–Kier alpha value is -2.00. The third kappa shape index (κ3) is 2.06. The number of para-hydroxylation sites is 2. The molecule has 1 atom stereocenters. The van der Waals surface area contributed by atoms with E-state index >= 15 is 0 Å². The average molecular weight is 255 g/mol. The van der Waals surface area contributed by atoms with Crippen LogP contribution in [0.3, 0.4) is 0 Å². The van der Waals surface area contributed by atoms with Crippen LogP contribution >= 0.6 is 0 Å². The molecule has 98 valence electrons. The van der Waals surface area contributed by atoms with E-state index in [0.717, 1.165) is 5.56 Å². The second kappa shape index (κ2) is 4.59. The predicted molar refractivity (Wildman–Crippen MR) is 74.6 cm³/mol. The minimum absolute atomic E-state index is 0.460. The monoisotopic (exact) mass is 255 g/mol. The van der Waals surface area contributed by atoms with Gasteiger partial charge in [-0.05, 0) is 23.6 Å². The summed E-state index contributed by atoms with van der Waals surface area (Å²) in [5.41, 5.74) is 2.94. The SMILES string of the molecule is CC(C)c1ccc(C2Oc3ccccc3N2O)cc1. The fraction of sp³-hybridized carbons (Fsp3) is 0.250. The third-order valence-corrected chi connectivity index (χ3v) is 3.46. The van der Waals surface area contributed by atoms with Crippen LogP contribution in [0.4, 0.5) is 5.69 Å². The van der Waals surface area contributed by atoms with E-state index in [0.29, 0.717) is 17.4 Å². The Morgan fingerprint density at radius 3 is 2.37 bits per heavy atom. The summed E-state index contributed by atoms with van der Waals surface area (Å²) in [4.78, 5) is 0. The number of rotatable bonds is 2. The largest absolute Gasteiger partial charge is 0.462 e. The van der Waals surface area contributed by atoms with Crippen molar-refractivity contribution in [3.63, 3.8) is 0 Å². The predicted octanol–water partition coefficient (Wildman–Crippen LogP) is 4.10. The van der Waals surface area contributed by atoms with Crippen molar-refractivity contribution in [3.8, 4) is 5.75 Å². The summed E-state index contributed by atoms with van der Waals surface area (Å²) < 4.78 is 5.78. The highest BCUT2D eigenvalue weighted by Gasteiger charge is 2.30. The molecule has 1 aliphatic heterocycles. The quantitative estimate of drug-likeness (QED) is 0.877. The first-order chi connectivity index (χ1) is 9.16. The summed E-state index contributed by atoms with van der Waals surface area (Å²) in [7, 11) is 0. The lowest BCUT2D eigenvalue weighted by Gasteiger charge is -2.19. The number of fused-ring (bicyclic) bond motifs is 1. The summed E-state index contributed by atoms with van der Waals surface area (Å²) in [6.45, 7) is 4.32. The summed E-state index contributed by atoms with van der Waals surface area (Å²) >= 11 is 0. The highest BCUT2D eigenvalue weighted by atomic mass is 16.6. The standard InChI is InChI=1S/C16H17NO2/c1-11(2)12-7-9-13(10-8-12)16-17(18)14-5-3-4-6-15(14)19-16/h3-11,16,18H,1-2H3. The van der Waals surface area contributed by atoms with Crippen LogP contribution in [-0.2, 0) is 0 Å². The zero-order valence-electron chi connectivity index (χ0n) is 11.1. The molecule has 0 fully saturated rings. The second-order valence-corrected chi connectivity index (χ2v) is 5.10. The number of hydrogen-bond acceptors (Lipinski definition) is 3. The smallest absolute Gasteiger partial charge is 0.221 e. The summed E-state index contributed by atoms with van der Waals surface area (Å²) in [5, 5.41) is 11.4. The first-order valence-electron chi connectivity index (χ1n) is 6.50. The van der Waals surface area contributed by atoms with E-state index < -0.39 is 6.23 Å². The van der Waals surface area contributed by atoms with Crippen LogP contribution in [0.1, 0.15) is 37.1 Å². The van der Waals surface area contributed by atoms with E-state index in [9.17, 15) is 5.21 Å². The molecule has 1 aliphatic rings. The molecule has 0 aromatic heterocycles. The molecule has 1 heterocycles. The number of nitrogens with zero attached hydrogens (tertiary/aromatic N) is 1. The van der Waals surface area contributed by atoms with E-state index in [4.69, 9.17) is 4.74 Å². The fourth-order valence-corrected chi connectivity index (χ4v) is 2.30. The van der Waals surface area contributed by atoms with Gasteiger partial charge in [0.15, 0.2) is 0 Å². The highest BCUT2D eigenvalue weighted by molar-refractivity contribution is 5.61. The minimum atomic E-state index is -0.460. The maximum Gasteiger partial charge on any atom is 0.221 e. The van der Waals surface area contributed by atoms with Crippen molar-refractivity contribution >= 4 is 5.69 Å². The van der Waals surface area contributed by atoms with E-state index in [1.54, 1.807) is 0 Å². The van der Waals surface area contributed by atoms with E-state index in [1.165, 1.54) is 10.6 Å². The molecule has 3 rings (SSSR count).